The number of unbranched alkanes of at least 4 members (excludes halogenated alkanes) is 9. The fraction of sp³-hybridized carbons (Fsp3) is 0.714. The summed E-state index contributed by atoms with van der Waals surface area (Å²) in [5, 5.41) is 0. The Labute approximate surface area is 152 Å². The molecule has 0 fully saturated rings. The number of quaternary nitrogens is 1. The first-order valence-electron chi connectivity index (χ1n) is 9.25. The highest BCUT2D eigenvalue weighted by molar-refractivity contribution is 4.86. The number of halogens is 1. The molecule has 0 saturated carbocycles. The van der Waals surface area contributed by atoms with E-state index in [1.54, 1.807) is 0 Å². The van der Waals surface area contributed by atoms with Crippen molar-refractivity contribution < 1.29 is 16.9 Å². The minimum absolute atomic E-state index is 0. The van der Waals surface area contributed by atoms with E-state index in [-0.39, 0.29) is 12.4 Å². The normalized spacial score (nSPS) is 10.6. The molecule has 0 aromatic rings. The van der Waals surface area contributed by atoms with Crippen molar-refractivity contribution in [1.29, 1.82) is 0 Å². The topological polar surface area (TPSA) is 0 Å². The number of rotatable bonds is 16. The van der Waals surface area contributed by atoms with E-state index in [9.17, 15) is 0 Å². The summed E-state index contributed by atoms with van der Waals surface area (Å²) >= 11 is 0. The maximum atomic E-state index is 5.56. The third kappa shape index (κ3) is 13.4. The molecule has 23 heavy (non-hydrogen) atoms. The van der Waals surface area contributed by atoms with E-state index >= 15 is 0 Å². The van der Waals surface area contributed by atoms with Gasteiger partial charge >= 0.3 is 0 Å². The van der Waals surface area contributed by atoms with Crippen LogP contribution in [-0.2, 0) is 0 Å². The summed E-state index contributed by atoms with van der Waals surface area (Å²) < 4.78 is 0.931. The Bertz CT molecular complexity index is 306. The van der Waals surface area contributed by atoms with Gasteiger partial charge in [-0.3, -0.25) is 0 Å². The lowest BCUT2D eigenvalue weighted by molar-refractivity contribution is -0.910. The van der Waals surface area contributed by atoms with Gasteiger partial charge in [0.05, 0.1) is 19.6 Å². The fourth-order valence-electron chi connectivity index (χ4n) is 3.14. The molecule has 134 valence electrons. The van der Waals surface area contributed by atoms with Gasteiger partial charge < -0.3 is 16.9 Å². The Morgan fingerprint density at radius 3 is 1.65 bits per heavy atom. The Balaban J connectivity index is 0. The second-order valence-electron chi connectivity index (χ2n) is 6.55. The van der Waals surface area contributed by atoms with E-state index in [2.05, 4.69) is 26.0 Å². The third-order valence-electron chi connectivity index (χ3n) is 4.45. The Morgan fingerprint density at radius 2 is 1.26 bits per heavy atom. The Morgan fingerprint density at radius 1 is 0.826 bits per heavy atom. The molecule has 0 rings (SSSR count). The van der Waals surface area contributed by atoms with E-state index in [4.69, 9.17) is 6.42 Å². The molecule has 0 spiro atoms. The first kappa shape index (κ1) is 24.5. The maximum absolute atomic E-state index is 5.56. The largest absolute Gasteiger partial charge is 1.00 e. The van der Waals surface area contributed by atoms with Crippen molar-refractivity contribution in [2.75, 3.05) is 26.2 Å². The van der Waals surface area contributed by atoms with Gasteiger partial charge in [0.2, 0.25) is 0 Å². The van der Waals surface area contributed by atoms with E-state index in [1.165, 1.54) is 64.2 Å². The molecule has 1 nitrogen and oxygen atoms in total. The molecule has 2 heteroatoms. The molecular formula is C21H38ClN. The molecule has 0 aliphatic carbocycles. The zero-order valence-corrected chi connectivity index (χ0v) is 16.1. The van der Waals surface area contributed by atoms with Gasteiger partial charge in [0, 0.05) is 0 Å². The van der Waals surface area contributed by atoms with Gasteiger partial charge in [-0.05, 0) is 30.9 Å². The molecule has 0 saturated heterocycles. The number of hydrogen-bond donors (Lipinski definition) is 0. The van der Waals surface area contributed by atoms with Crippen LogP contribution < -0.4 is 12.4 Å². The van der Waals surface area contributed by atoms with Crippen LogP contribution in [0, 0.1) is 12.3 Å². The van der Waals surface area contributed by atoms with Crippen LogP contribution in [-0.4, -0.2) is 30.7 Å². The predicted molar refractivity (Wildman–Crippen MR) is 101 cm³/mol. The Hall–Kier alpha value is -0.710. The van der Waals surface area contributed by atoms with Gasteiger partial charge in [-0.2, -0.15) is 0 Å². The summed E-state index contributed by atoms with van der Waals surface area (Å²) in [6, 6.07) is 0. The van der Waals surface area contributed by atoms with Crippen molar-refractivity contribution in [3.05, 3.63) is 25.3 Å². The molecule has 0 unspecified atom stereocenters. The monoisotopic (exact) mass is 339 g/mol. The predicted octanol–water partition coefficient (Wildman–Crippen LogP) is 2.73. The molecule has 0 aromatic heterocycles. The first-order valence-corrected chi connectivity index (χ1v) is 9.25. The minimum atomic E-state index is 0. The number of nitrogens with zero attached hydrogens (tertiary/aromatic N) is 1. The SMILES string of the molecule is C#CC[N+](CC=C)(CC=C)CCCCCCCCCCCC.[Cl-]. The smallest absolute Gasteiger partial charge is 0.141 e. The van der Waals surface area contributed by atoms with Gasteiger partial charge in [0.15, 0.2) is 0 Å². The summed E-state index contributed by atoms with van der Waals surface area (Å²) in [5.74, 6) is 2.84. The molecule has 0 radical (unpaired) electrons. The van der Waals surface area contributed by atoms with Crippen molar-refractivity contribution in [3.8, 4) is 12.3 Å². The highest BCUT2D eigenvalue weighted by Gasteiger charge is 2.22. The van der Waals surface area contributed by atoms with Crippen molar-refractivity contribution in [3.63, 3.8) is 0 Å². The summed E-state index contributed by atoms with van der Waals surface area (Å²) in [6.07, 6.45) is 23.3. The standard InChI is InChI=1S/C21H38N.ClH/c1-5-9-10-11-12-13-14-15-16-17-21-22(18-6-2,19-7-3)20-8-4;/h2,7-8H,3-5,9-21H2,1H3;1H/q+1;/p-1. The van der Waals surface area contributed by atoms with E-state index in [1.807, 2.05) is 12.2 Å². The van der Waals surface area contributed by atoms with Gasteiger partial charge in [-0.25, -0.2) is 0 Å². The molecule has 0 heterocycles. The second kappa shape index (κ2) is 17.6. The maximum Gasteiger partial charge on any atom is 0.141 e. The van der Waals surface area contributed by atoms with Crippen LogP contribution in [0.3, 0.4) is 0 Å². The molecule has 0 N–H and O–H groups in total. The van der Waals surface area contributed by atoms with Crippen LogP contribution in [0.15, 0.2) is 25.3 Å². The van der Waals surface area contributed by atoms with E-state index in [0.29, 0.717) is 0 Å². The minimum Gasteiger partial charge on any atom is -1.00 e. The molecule has 0 aromatic carbocycles. The van der Waals surface area contributed by atoms with Crippen molar-refractivity contribution in [2.45, 2.75) is 71.1 Å². The molecular weight excluding hydrogens is 302 g/mol. The summed E-state index contributed by atoms with van der Waals surface area (Å²) in [4.78, 5) is 0. The first-order chi connectivity index (χ1) is 10.7. The highest BCUT2D eigenvalue weighted by atomic mass is 35.5. The van der Waals surface area contributed by atoms with Crippen LogP contribution in [0.1, 0.15) is 71.1 Å². The molecule has 0 aliphatic rings. The highest BCUT2D eigenvalue weighted by Crippen LogP contribution is 2.14. The van der Waals surface area contributed by atoms with Crippen molar-refractivity contribution in [1.82, 2.24) is 0 Å². The zero-order valence-electron chi connectivity index (χ0n) is 15.4. The van der Waals surface area contributed by atoms with Gasteiger partial charge in [0.1, 0.15) is 6.54 Å². The Kier molecular flexibility index (Phi) is 18.8. The lowest BCUT2D eigenvalue weighted by Gasteiger charge is -2.35. The van der Waals surface area contributed by atoms with Crippen LogP contribution in [0.2, 0.25) is 0 Å². The lowest BCUT2D eigenvalue weighted by atomic mass is 10.1. The van der Waals surface area contributed by atoms with Gasteiger partial charge in [-0.1, -0.05) is 71.4 Å². The van der Waals surface area contributed by atoms with Gasteiger partial charge in [-0.15, -0.1) is 6.42 Å². The molecule has 0 aliphatic heterocycles. The van der Waals surface area contributed by atoms with Gasteiger partial charge in [0.25, 0.3) is 0 Å². The summed E-state index contributed by atoms with van der Waals surface area (Å²) in [7, 11) is 0. The fourth-order valence-corrected chi connectivity index (χ4v) is 3.14. The van der Waals surface area contributed by atoms with E-state index < -0.39 is 0 Å². The average molecular weight is 340 g/mol. The van der Waals surface area contributed by atoms with Crippen molar-refractivity contribution in [2.24, 2.45) is 0 Å². The third-order valence-corrected chi connectivity index (χ3v) is 4.45. The van der Waals surface area contributed by atoms with E-state index in [0.717, 1.165) is 30.7 Å². The summed E-state index contributed by atoms with van der Waals surface area (Å²) in [5.41, 5.74) is 0. The molecule has 0 bridgehead atoms. The zero-order chi connectivity index (χ0) is 16.5. The quantitative estimate of drug-likeness (QED) is 0.175. The molecule has 0 atom stereocenters. The van der Waals surface area contributed by atoms with Crippen LogP contribution in [0.5, 0.6) is 0 Å². The van der Waals surface area contributed by atoms with Crippen LogP contribution >= 0.6 is 0 Å². The van der Waals surface area contributed by atoms with Crippen LogP contribution in [0.25, 0.3) is 0 Å². The lowest BCUT2D eigenvalue weighted by Crippen LogP contribution is -3.00. The second-order valence-corrected chi connectivity index (χ2v) is 6.55. The number of terminal acetylenes is 1. The molecule has 0 amide bonds. The average Bonchev–Trinajstić information content (AvgIpc) is 2.50. The summed E-state index contributed by atoms with van der Waals surface area (Å²) in [6.45, 7) is 13.9. The van der Waals surface area contributed by atoms with Crippen molar-refractivity contribution >= 4 is 0 Å². The number of hydrogen-bond acceptors (Lipinski definition) is 0. The van der Waals surface area contributed by atoms with Crippen LogP contribution in [0.4, 0.5) is 0 Å².